The van der Waals surface area contributed by atoms with E-state index >= 15 is 0 Å². The fourth-order valence-corrected chi connectivity index (χ4v) is 4.63. The van der Waals surface area contributed by atoms with Crippen LogP contribution in [0.4, 0.5) is 5.69 Å². The van der Waals surface area contributed by atoms with E-state index in [-0.39, 0.29) is 21.4 Å². The fraction of sp³-hybridized carbons (Fsp3) is 0.174. The van der Waals surface area contributed by atoms with E-state index in [2.05, 4.69) is 10.0 Å². The van der Waals surface area contributed by atoms with Gasteiger partial charge in [-0.1, -0.05) is 54.1 Å². The lowest BCUT2D eigenvalue weighted by Gasteiger charge is -2.14. The van der Waals surface area contributed by atoms with Crippen LogP contribution in [0, 0.1) is 13.8 Å². The van der Waals surface area contributed by atoms with Crippen molar-refractivity contribution in [3.63, 3.8) is 0 Å². The Kier molecular flexibility index (Phi) is 6.80. The number of benzene rings is 3. The fourth-order valence-electron chi connectivity index (χ4n) is 2.98. The summed E-state index contributed by atoms with van der Waals surface area (Å²) >= 11 is 6.16. The number of anilines is 1. The Morgan fingerprint density at radius 2 is 1.70 bits per heavy atom. The van der Waals surface area contributed by atoms with E-state index < -0.39 is 10.0 Å². The summed E-state index contributed by atoms with van der Waals surface area (Å²) < 4.78 is 28.4. The van der Waals surface area contributed by atoms with E-state index in [9.17, 15) is 13.2 Å². The zero-order valence-corrected chi connectivity index (χ0v) is 18.3. The second kappa shape index (κ2) is 9.32. The molecule has 7 heteroatoms. The molecular formula is C23H23ClN2O3S. The maximum atomic E-state index is 12.9. The number of rotatable bonds is 7. The first-order valence-corrected chi connectivity index (χ1v) is 11.3. The van der Waals surface area contributed by atoms with Crippen LogP contribution < -0.4 is 10.0 Å². The molecule has 0 atom stereocenters. The second-order valence-electron chi connectivity index (χ2n) is 6.99. The Morgan fingerprint density at radius 3 is 2.43 bits per heavy atom. The van der Waals surface area contributed by atoms with Crippen molar-refractivity contribution in [3.8, 4) is 0 Å². The molecule has 0 radical (unpaired) electrons. The van der Waals surface area contributed by atoms with Crippen molar-refractivity contribution in [2.75, 3.05) is 11.3 Å². The van der Waals surface area contributed by atoms with E-state index in [0.29, 0.717) is 18.7 Å². The van der Waals surface area contributed by atoms with Crippen LogP contribution in [0.1, 0.15) is 27.0 Å². The Morgan fingerprint density at radius 1 is 0.967 bits per heavy atom. The largest absolute Gasteiger partial charge is 0.352 e. The van der Waals surface area contributed by atoms with Crippen LogP contribution in [0.3, 0.4) is 0 Å². The minimum absolute atomic E-state index is 0.0497. The molecule has 3 aromatic carbocycles. The summed E-state index contributed by atoms with van der Waals surface area (Å²) in [6.45, 7) is 4.18. The molecular weight excluding hydrogens is 420 g/mol. The molecule has 0 aliphatic carbocycles. The molecule has 3 aromatic rings. The van der Waals surface area contributed by atoms with Crippen LogP contribution in [0.5, 0.6) is 0 Å². The van der Waals surface area contributed by atoms with Gasteiger partial charge in [0, 0.05) is 12.1 Å². The molecule has 0 bridgehead atoms. The van der Waals surface area contributed by atoms with Crippen LogP contribution in [0.15, 0.2) is 71.6 Å². The van der Waals surface area contributed by atoms with E-state index in [1.807, 2.05) is 50.2 Å². The van der Waals surface area contributed by atoms with Gasteiger partial charge in [0.15, 0.2) is 0 Å². The monoisotopic (exact) mass is 442 g/mol. The van der Waals surface area contributed by atoms with Crippen LogP contribution >= 0.6 is 11.6 Å². The summed E-state index contributed by atoms with van der Waals surface area (Å²) in [5.41, 5.74) is 3.60. The molecule has 0 heterocycles. The van der Waals surface area contributed by atoms with Gasteiger partial charge in [0.1, 0.15) is 4.90 Å². The minimum Gasteiger partial charge on any atom is -0.352 e. The van der Waals surface area contributed by atoms with E-state index in [1.165, 1.54) is 18.2 Å². The standard InChI is InChI=1S/C23H23ClN2O3S/c1-16-7-6-10-21(17(16)2)26-30(28,29)22-15-19(11-12-20(22)24)23(27)25-14-13-18-8-4-3-5-9-18/h3-12,15,26H,13-14H2,1-2H3,(H,25,27). The first-order valence-electron chi connectivity index (χ1n) is 9.48. The Balaban J connectivity index is 1.76. The number of nitrogens with one attached hydrogen (secondary N) is 2. The Labute approximate surface area is 182 Å². The molecule has 0 fully saturated rings. The molecule has 0 aromatic heterocycles. The van der Waals surface area contributed by atoms with Gasteiger partial charge in [0.2, 0.25) is 0 Å². The van der Waals surface area contributed by atoms with Crippen LogP contribution in [0.2, 0.25) is 5.02 Å². The highest BCUT2D eigenvalue weighted by molar-refractivity contribution is 7.92. The van der Waals surface area contributed by atoms with Gasteiger partial charge < -0.3 is 5.32 Å². The third-order valence-electron chi connectivity index (χ3n) is 4.87. The van der Waals surface area contributed by atoms with Gasteiger partial charge in [-0.15, -0.1) is 0 Å². The smallest absolute Gasteiger partial charge is 0.263 e. The number of aryl methyl sites for hydroxylation is 1. The van der Waals surface area contributed by atoms with Crippen molar-refractivity contribution in [1.82, 2.24) is 5.32 Å². The molecule has 30 heavy (non-hydrogen) atoms. The first-order chi connectivity index (χ1) is 14.3. The van der Waals surface area contributed by atoms with Crippen LogP contribution in [0.25, 0.3) is 0 Å². The third-order valence-corrected chi connectivity index (χ3v) is 6.72. The van der Waals surface area contributed by atoms with Crippen molar-refractivity contribution < 1.29 is 13.2 Å². The predicted octanol–water partition coefficient (Wildman–Crippen LogP) is 4.73. The molecule has 0 saturated heterocycles. The maximum Gasteiger partial charge on any atom is 0.263 e. The summed E-state index contributed by atoms with van der Waals surface area (Å²) in [5, 5.41) is 2.86. The number of carbonyl (C=O) groups excluding carboxylic acids is 1. The highest BCUT2D eigenvalue weighted by Gasteiger charge is 2.21. The van der Waals surface area contributed by atoms with Gasteiger partial charge in [0.25, 0.3) is 15.9 Å². The van der Waals surface area contributed by atoms with E-state index in [4.69, 9.17) is 11.6 Å². The molecule has 156 valence electrons. The molecule has 5 nitrogen and oxygen atoms in total. The zero-order valence-electron chi connectivity index (χ0n) is 16.8. The summed E-state index contributed by atoms with van der Waals surface area (Å²) in [6.07, 6.45) is 0.680. The van der Waals surface area contributed by atoms with Gasteiger partial charge in [0.05, 0.1) is 10.7 Å². The van der Waals surface area contributed by atoms with Crippen molar-refractivity contribution in [3.05, 3.63) is 94.0 Å². The molecule has 0 spiro atoms. The minimum atomic E-state index is -3.96. The number of amides is 1. The van der Waals surface area contributed by atoms with Crippen LogP contribution in [-0.4, -0.2) is 20.9 Å². The summed E-state index contributed by atoms with van der Waals surface area (Å²) in [4.78, 5) is 12.4. The maximum absolute atomic E-state index is 12.9. The first kappa shape index (κ1) is 21.9. The summed E-state index contributed by atoms with van der Waals surface area (Å²) in [5.74, 6) is -0.356. The molecule has 1 amide bonds. The summed E-state index contributed by atoms with van der Waals surface area (Å²) in [7, 11) is -3.96. The third kappa shape index (κ3) is 5.20. The molecule has 0 saturated carbocycles. The lowest BCUT2D eigenvalue weighted by molar-refractivity contribution is 0.0954. The molecule has 0 unspecified atom stereocenters. The average molecular weight is 443 g/mol. The number of halogens is 1. The normalized spacial score (nSPS) is 11.2. The van der Waals surface area contributed by atoms with Gasteiger partial charge >= 0.3 is 0 Å². The molecule has 0 aliphatic rings. The van der Waals surface area contributed by atoms with Crippen molar-refractivity contribution in [2.24, 2.45) is 0 Å². The van der Waals surface area contributed by atoms with Gasteiger partial charge in [-0.25, -0.2) is 8.42 Å². The van der Waals surface area contributed by atoms with Gasteiger partial charge in [-0.2, -0.15) is 0 Å². The average Bonchev–Trinajstić information content (AvgIpc) is 2.72. The Hall–Kier alpha value is -2.83. The number of hydrogen-bond donors (Lipinski definition) is 2. The van der Waals surface area contributed by atoms with Crippen molar-refractivity contribution >= 4 is 33.2 Å². The topological polar surface area (TPSA) is 75.3 Å². The second-order valence-corrected chi connectivity index (χ2v) is 9.05. The molecule has 3 rings (SSSR count). The predicted molar refractivity (Wildman–Crippen MR) is 121 cm³/mol. The van der Waals surface area contributed by atoms with Crippen molar-refractivity contribution in [1.29, 1.82) is 0 Å². The SMILES string of the molecule is Cc1cccc(NS(=O)(=O)c2cc(C(=O)NCCc3ccccc3)ccc2Cl)c1C. The molecule has 0 aliphatic heterocycles. The molecule has 2 N–H and O–H groups in total. The quantitative estimate of drug-likeness (QED) is 0.555. The lowest BCUT2D eigenvalue weighted by atomic mass is 10.1. The Bertz CT molecular complexity index is 1160. The highest BCUT2D eigenvalue weighted by atomic mass is 35.5. The lowest BCUT2D eigenvalue weighted by Crippen LogP contribution is -2.26. The van der Waals surface area contributed by atoms with Crippen molar-refractivity contribution in [2.45, 2.75) is 25.2 Å². The summed E-state index contributed by atoms with van der Waals surface area (Å²) in [6, 6.07) is 19.4. The van der Waals surface area contributed by atoms with Gasteiger partial charge in [-0.05, 0) is 61.2 Å². The van der Waals surface area contributed by atoms with E-state index in [1.54, 1.807) is 12.1 Å². The highest BCUT2D eigenvalue weighted by Crippen LogP contribution is 2.27. The number of hydrogen-bond acceptors (Lipinski definition) is 3. The van der Waals surface area contributed by atoms with Crippen LogP contribution in [-0.2, 0) is 16.4 Å². The number of sulfonamides is 1. The zero-order chi connectivity index (χ0) is 21.7. The van der Waals surface area contributed by atoms with E-state index in [0.717, 1.165) is 16.7 Å². The number of carbonyl (C=O) groups is 1. The van der Waals surface area contributed by atoms with Gasteiger partial charge in [-0.3, -0.25) is 9.52 Å².